The fourth-order valence-corrected chi connectivity index (χ4v) is 1.21. The molecule has 1 N–H and O–H groups in total. The largest absolute Gasteiger partial charge is 0.508 e. The summed E-state index contributed by atoms with van der Waals surface area (Å²) >= 11 is 0. The molecule has 14 heavy (non-hydrogen) atoms. The molecule has 0 radical (unpaired) electrons. The van der Waals surface area contributed by atoms with Crippen LogP contribution < -0.4 is 0 Å². The number of phenols is 1. The molecule has 0 aromatic heterocycles. The Labute approximate surface area is 83.3 Å². The van der Waals surface area contributed by atoms with Gasteiger partial charge >= 0.3 is 0 Å². The Bertz CT molecular complexity index is 309. The minimum absolute atomic E-state index is 0.192. The molecule has 0 fully saturated rings. The molecule has 76 valence electrons. The van der Waals surface area contributed by atoms with Gasteiger partial charge in [0.05, 0.1) is 6.10 Å². The van der Waals surface area contributed by atoms with E-state index < -0.39 is 6.10 Å². The predicted molar refractivity (Wildman–Crippen MR) is 53.1 cm³/mol. The lowest BCUT2D eigenvalue weighted by Crippen LogP contribution is -2.12. The molecule has 0 saturated carbocycles. The first-order chi connectivity index (χ1) is 6.63. The van der Waals surface area contributed by atoms with Crippen LogP contribution in [0, 0.1) is 0 Å². The van der Waals surface area contributed by atoms with Gasteiger partial charge in [-0.1, -0.05) is 12.1 Å². The molecule has 1 aromatic carbocycles. The van der Waals surface area contributed by atoms with Gasteiger partial charge in [0.25, 0.3) is 0 Å². The van der Waals surface area contributed by atoms with Crippen molar-refractivity contribution in [3.63, 3.8) is 0 Å². The second kappa shape index (κ2) is 4.77. The second-order valence-electron chi connectivity index (χ2n) is 3.21. The third kappa shape index (κ3) is 2.85. The van der Waals surface area contributed by atoms with Crippen molar-refractivity contribution in [3.05, 3.63) is 29.8 Å². The van der Waals surface area contributed by atoms with Crippen LogP contribution in [0.5, 0.6) is 5.75 Å². The van der Waals surface area contributed by atoms with Gasteiger partial charge in [0.2, 0.25) is 0 Å². The number of aromatic hydroxyl groups is 1. The molecule has 1 rings (SSSR count). The first kappa shape index (κ1) is 10.7. The van der Waals surface area contributed by atoms with Crippen LogP contribution in [0.3, 0.4) is 0 Å². The van der Waals surface area contributed by atoms with E-state index in [1.807, 2.05) is 13.0 Å². The second-order valence-corrected chi connectivity index (χ2v) is 3.21. The van der Waals surface area contributed by atoms with E-state index in [1.54, 1.807) is 25.1 Å². The van der Waals surface area contributed by atoms with Crippen molar-refractivity contribution in [1.82, 2.24) is 0 Å². The van der Waals surface area contributed by atoms with Gasteiger partial charge in [0, 0.05) is 0 Å². The molecule has 0 aliphatic heterocycles. The van der Waals surface area contributed by atoms with Crippen LogP contribution in [0.2, 0.25) is 0 Å². The molecule has 0 aliphatic carbocycles. The normalized spacial score (nSPS) is 14.7. The van der Waals surface area contributed by atoms with Crippen LogP contribution in [-0.2, 0) is 9.53 Å². The Morgan fingerprint density at radius 3 is 2.71 bits per heavy atom. The van der Waals surface area contributed by atoms with Crippen molar-refractivity contribution in [1.29, 1.82) is 0 Å². The van der Waals surface area contributed by atoms with E-state index >= 15 is 0 Å². The molecule has 0 unspecified atom stereocenters. The first-order valence-corrected chi connectivity index (χ1v) is 4.53. The fraction of sp³-hybridized carbons (Fsp3) is 0.364. The Morgan fingerprint density at radius 2 is 2.14 bits per heavy atom. The number of rotatable bonds is 4. The van der Waals surface area contributed by atoms with E-state index in [1.165, 1.54) is 0 Å². The maximum atomic E-state index is 10.4. The number of carbonyl (C=O) groups is 1. The van der Waals surface area contributed by atoms with Crippen LogP contribution in [0.25, 0.3) is 0 Å². The van der Waals surface area contributed by atoms with E-state index in [0.717, 1.165) is 11.8 Å². The summed E-state index contributed by atoms with van der Waals surface area (Å²) in [6.45, 7) is 3.53. The van der Waals surface area contributed by atoms with E-state index in [0.29, 0.717) is 0 Å². The highest BCUT2D eigenvalue weighted by Crippen LogP contribution is 2.21. The highest BCUT2D eigenvalue weighted by atomic mass is 16.5. The molecule has 0 saturated heterocycles. The summed E-state index contributed by atoms with van der Waals surface area (Å²) in [6.07, 6.45) is 0.133. The maximum Gasteiger partial charge on any atom is 0.148 e. The lowest BCUT2D eigenvalue weighted by molar-refractivity contribution is -0.120. The molecule has 3 heteroatoms. The Kier molecular flexibility index (Phi) is 3.65. The summed E-state index contributed by atoms with van der Waals surface area (Å²) in [5.74, 6) is 0.205. The first-order valence-electron chi connectivity index (χ1n) is 4.53. The smallest absolute Gasteiger partial charge is 0.148 e. The average molecular weight is 194 g/mol. The summed E-state index contributed by atoms with van der Waals surface area (Å²) in [6, 6.07) is 6.82. The number of phenolic OH excluding ortho intramolecular Hbond substituents is 1. The molecular weight excluding hydrogens is 180 g/mol. The predicted octanol–water partition coefficient (Wildman–Crippen LogP) is 2.06. The van der Waals surface area contributed by atoms with Gasteiger partial charge in [-0.15, -0.1) is 0 Å². The lowest BCUT2D eigenvalue weighted by Gasteiger charge is -2.15. The zero-order valence-corrected chi connectivity index (χ0v) is 8.31. The maximum absolute atomic E-state index is 10.4. The van der Waals surface area contributed by atoms with E-state index in [-0.39, 0.29) is 11.9 Å². The standard InChI is InChI=1S/C11H14O3/c1-8(7-12)14-9(2)10-4-3-5-11(13)6-10/h3-9,13H,1-2H3/t8-,9+/m0/s1. The topological polar surface area (TPSA) is 46.5 Å². The number of hydrogen-bond donors (Lipinski definition) is 1. The zero-order chi connectivity index (χ0) is 10.6. The third-order valence-corrected chi connectivity index (χ3v) is 1.95. The van der Waals surface area contributed by atoms with Crippen molar-refractivity contribution in [2.75, 3.05) is 0 Å². The van der Waals surface area contributed by atoms with Crippen LogP contribution in [0.15, 0.2) is 24.3 Å². The number of hydrogen-bond acceptors (Lipinski definition) is 3. The minimum Gasteiger partial charge on any atom is -0.508 e. The summed E-state index contributed by atoms with van der Waals surface area (Å²) in [5, 5.41) is 9.23. The number of ether oxygens (including phenoxy) is 1. The molecule has 0 spiro atoms. The van der Waals surface area contributed by atoms with Crippen molar-refractivity contribution in [2.24, 2.45) is 0 Å². The molecular formula is C11H14O3. The summed E-state index contributed by atoms with van der Waals surface area (Å²) in [7, 11) is 0. The van der Waals surface area contributed by atoms with Gasteiger partial charge in [0.15, 0.2) is 0 Å². The summed E-state index contributed by atoms with van der Waals surface area (Å²) < 4.78 is 5.36. The van der Waals surface area contributed by atoms with Crippen molar-refractivity contribution in [3.8, 4) is 5.75 Å². The van der Waals surface area contributed by atoms with Gasteiger partial charge in [-0.3, -0.25) is 0 Å². The Morgan fingerprint density at radius 1 is 1.43 bits per heavy atom. The average Bonchev–Trinajstić information content (AvgIpc) is 2.17. The Balaban J connectivity index is 2.69. The molecule has 0 aliphatic rings. The van der Waals surface area contributed by atoms with Gasteiger partial charge in [0.1, 0.15) is 18.1 Å². The Hall–Kier alpha value is -1.35. The molecule has 0 bridgehead atoms. The van der Waals surface area contributed by atoms with Crippen molar-refractivity contribution in [2.45, 2.75) is 26.1 Å². The van der Waals surface area contributed by atoms with E-state index in [4.69, 9.17) is 4.74 Å². The van der Waals surface area contributed by atoms with E-state index in [9.17, 15) is 9.90 Å². The van der Waals surface area contributed by atoms with Crippen LogP contribution in [-0.4, -0.2) is 17.5 Å². The lowest BCUT2D eigenvalue weighted by atomic mass is 10.1. The number of benzene rings is 1. The van der Waals surface area contributed by atoms with E-state index in [2.05, 4.69) is 0 Å². The van der Waals surface area contributed by atoms with Crippen LogP contribution in [0.1, 0.15) is 25.5 Å². The van der Waals surface area contributed by atoms with Gasteiger partial charge in [-0.05, 0) is 31.5 Å². The molecule has 0 heterocycles. The highest BCUT2D eigenvalue weighted by Gasteiger charge is 2.09. The zero-order valence-electron chi connectivity index (χ0n) is 8.31. The monoisotopic (exact) mass is 194 g/mol. The highest BCUT2D eigenvalue weighted by molar-refractivity contribution is 5.55. The minimum atomic E-state index is -0.424. The van der Waals surface area contributed by atoms with Gasteiger partial charge in [-0.2, -0.15) is 0 Å². The van der Waals surface area contributed by atoms with Gasteiger partial charge < -0.3 is 14.6 Å². The SMILES string of the molecule is C[C@@H](C=O)O[C@H](C)c1cccc(O)c1. The number of carbonyl (C=O) groups excluding carboxylic acids is 1. The van der Waals surface area contributed by atoms with Gasteiger partial charge in [-0.25, -0.2) is 0 Å². The molecule has 0 amide bonds. The quantitative estimate of drug-likeness (QED) is 0.746. The van der Waals surface area contributed by atoms with Crippen LogP contribution >= 0.6 is 0 Å². The fourth-order valence-electron chi connectivity index (χ4n) is 1.21. The van der Waals surface area contributed by atoms with Crippen LogP contribution in [0.4, 0.5) is 0 Å². The summed E-state index contributed by atoms with van der Waals surface area (Å²) in [4.78, 5) is 10.4. The molecule has 1 aromatic rings. The van der Waals surface area contributed by atoms with Crippen molar-refractivity contribution >= 4 is 6.29 Å². The van der Waals surface area contributed by atoms with Crippen molar-refractivity contribution < 1.29 is 14.6 Å². The third-order valence-electron chi connectivity index (χ3n) is 1.95. The molecule has 3 nitrogen and oxygen atoms in total. The number of aldehydes is 1. The summed E-state index contributed by atoms with van der Waals surface area (Å²) in [5.41, 5.74) is 0.860. The molecule has 2 atom stereocenters.